The van der Waals surface area contributed by atoms with Crippen molar-refractivity contribution in [3.05, 3.63) is 22.4 Å². The van der Waals surface area contributed by atoms with Gasteiger partial charge in [-0.25, -0.2) is 0 Å². The molecule has 0 aliphatic heterocycles. The Hall–Kier alpha value is -1.85. The van der Waals surface area contributed by atoms with Gasteiger partial charge in [-0.2, -0.15) is 0 Å². The summed E-state index contributed by atoms with van der Waals surface area (Å²) in [5, 5.41) is 10.6. The molecule has 0 bridgehead atoms. The zero-order chi connectivity index (χ0) is 12.0. The predicted octanol–water partition coefficient (Wildman–Crippen LogP) is 2.14. The number of pyridine rings is 1. The number of nitrogen functional groups attached to an aromatic ring is 1. The van der Waals surface area contributed by atoms with Crippen LogP contribution in [0.15, 0.2) is 12.3 Å². The van der Waals surface area contributed by atoms with E-state index < -0.39 is 4.92 Å². The summed E-state index contributed by atoms with van der Waals surface area (Å²) in [6.45, 7) is 2.52. The number of hydrogen-bond acceptors (Lipinski definition) is 5. The topological polar surface area (TPSA) is 91.3 Å². The summed E-state index contributed by atoms with van der Waals surface area (Å²) in [6.07, 6.45) is 4.21. The van der Waals surface area contributed by atoms with Crippen LogP contribution in [0.25, 0.3) is 0 Å². The number of nitrogens with two attached hydrogens (primary N) is 1. The molecule has 0 saturated carbocycles. The lowest BCUT2D eigenvalue weighted by Crippen LogP contribution is -2.03. The van der Waals surface area contributed by atoms with E-state index in [9.17, 15) is 10.1 Å². The maximum absolute atomic E-state index is 10.6. The molecular weight excluding hydrogens is 210 g/mol. The van der Waals surface area contributed by atoms with Gasteiger partial charge in [0.05, 0.1) is 12.3 Å². The number of nitro groups is 1. The van der Waals surface area contributed by atoms with Crippen LogP contribution in [0.4, 0.5) is 11.5 Å². The van der Waals surface area contributed by atoms with E-state index in [-0.39, 0.29) is 11.6 Å². The monoisotopic (exact) mass is 225 g/mol. The fourth-order valence-electron chi connectivity index (χ4n) is 1.23. The Morgan fingerprint density at radius 3 is 2.94 bits per heavy atom. The van der Waals surface area contributed by atoms with Gasteiger partial charge < -0.3 is 20.6 Å². The Morgan fingerprint density at radius 1 is 1.56 bits per heavy atom. The van der Waals surface area contributed by atoms with Gasteiger partial charge in [0, 0.05) is 6.07 Å². The Balaban J connectivity index is 2.68. The highest BCUT2D eigenvalue weighted by Crippen LogP contribution is 2.26. The minimum atomic E-state index is -0.575. The molecule has 2 N–H and O–H groups in total. The molecule has 1 aromatic rings. The molecule has 0 unspecified atom stereocenters. The highest BCUT2D eigenvalue weighted by atomic mass is 16.6. The van der Waals surface area contributed by atoms with Crippen molar-refractivity contribution in [2.45, 2.75) is 26.2 Å². The summed E-state index contributed by atoms with van der Waals surface area (Å²) in [4.78, 5) is 13.7. The molecule has 6 nitrogen and oxygen atoms in total. The maximum atomic E-state index is 10.6. The Labute approximate surface area is 93.6 Å². The van der Waals surface area contributed by atoms with Gasteiger partial charge in [0.2, 0.25) is 5.75 Å². The lowest BCUT2D eigenvalue weighted by Gasteiger charge is -2.05. The summed E-state index contributed by atoms with van der Waals surface area (Å²) >= 11 is 0. The summed E-state index contributed by atoms with van der Waals surface area (Å²) in [5.74, 6) is -0.146. The van der Waals surface area contributed by atoms with Crippen LogP contribution in [-0.2, 0) is 0 Å². The van der Waals surface area contributed by atoms with Gasteiger partial charge in [-0.3, -0.25) is 0 Å². The molecule has 0 atom stereocenters. The Kier molecular flexibility index (Phi) is 4.50. The van der Waals surface area contributed by atoms with Crippen LogP contribution in [0.1, 0.15) is 26.2 Å². The van der Waals surface area contributed by atoms with E-state index >= 15 is 0 Å². The second-order valence-electron chi connectivity index (χ2n) is 3.40. The molecule has 0 spiro atoms. The van der Waals surface area contributed by atoms with E-state index in [1.807, 2.05) is 0 Å². The highest BCUT2D eigenvalue weighted by Gasteiger charge is 2.16. The normalized spacial score (nSPS) is 10.1. The van der Waals surface area contributed by atoms with Crippen LogP contribution < -0.4 is 10.5 Å². The number of ether oxygens (including phenoxy) is 1. The van der Waals surface area contributed by atoms with Gasteiger partial charge in [0.1, 0.15) is 0 Å². The van der Waals surface area contributed by atoms with Crippen molar-refractivity contribution in [2.75, 3.05) is 12.3 Å². The van der Waals surface area contributed by atoms with Gasteiger partial charge >= 0.3 is 5.82 Å². The second-order valence-corrected chi connectivity index (χ2v) is 3.40. The van der Waals surface area contributed by atoms with Crippen LogP contribution in [0.3, 0.4) is 0 Å². The van der Waals surface area contributed by atoms with Gasteiger partial charge in [0.15, 0.2) is 6.20 Å². The zero-order valence-electron chi connectivity index (χ0n) is 9.18. The van der Waals surface area contributed by atoms with E-state index in [1.165, 1.54) is 12.3 Å². The van der Waals surface area contributed by atoms with Gasteiger partial charge in [-0.1, -0.05) is 19.8 Å². The Bertz CT molecular complexity index is 368. The number of nitrogens with zero attached hydrogens (tertiary/aromatic N) is 2. The molecule has 0 fully saturated rings. The van der Waals surface area contributed by atoms with Crippen molar-refractivity contribution < 1.29 is 9.66 Å². The minimum Gasteiger partial charge on any atom is -0.486 e. The maximum Gasteiger partial charge on any atom is 0.406 e. The second kappa shape index (κ2) is 5.89. The first-order valence-corrected chi connectivity index (χ1v) is 5.18. The highest BCUT2D eigenvalue weighted by molar-refractivity contribution is 5.49. The van der Waals surface area contributed by atoms with Crippen molar-refractivity contribution in [2.24, 2.45) is 0 Å². The number of rotatable bonds is 6. The summed E-state index contributed by atoms with van der Waals surface area (Å²) in [6, 6.07) is 1.43. The van der Waals surface area contributed by atoms with E-state index in [2.05, 4.69) is 11.9 Å². The average molecular weight is 225 g/mol. The first-order valence-electron chi connectivity index (χ1n) is 5.18. The smallest absolute Gasteiger partial charge is 0.406 e. The zero-order valence-corrected chi connectivity index (χ0v) is 9.18. The number of aromatic nitrogens is 1. The molecule has 1 aromatic heterocycles. The van der Waals surface area contributed by atoms with Crippen molar-refractivity contribution in [1.82, 2.24) is 4.98 Å². The number of unbranched alkanes of at least 4 members (excludes halogenated alkanes) is 2. The third-order valence-electron chi connectivity index (χ3n) is 2.03. The summed E-state index contributed by atoms with van der Waals surface area (Å²) in [7, 11) is 0. The molecular formula is C10H15N3O3. The summed E-state index contributed by atoms with van der Waals surface area (Å²) < 4.78 is 5.30. The van der Waals surface area contributed by atoms with Crippen molar-refractivity contribution >= 4 is 11.5 Å². The predicted molar refractivity (Wildman–Crippen MR) is 60.3 cm³/mol. The van der Waals surface area contributed by atoms with Crippen molar-refractivity contribution in [1.29, 1.82) is 0 Å². The van der Waals surface area contributed by atoms with Crippen LogP contribution in [0.2, 0.25) is 0 Å². The van der Waals surface area contributed by atoms with E-state index in [1.54, 1.807) is 0 Å². The lowest BCUT2D eigenvalue weighted by atomic mass is 10.3. The SMILES string of the molecule is CCCCCOc1cc(N)cnc1[N+](=O)[O-]. The molecule has 6 heteroatoms. The summed E-state index contributed by atoms with van der Waals surface area (Å²) in [5.41, 5.74) is 5.85. The number of hydrogen-bond donors (Lipinski definition) is 1. The van der Waals surface area contributed by atoms with Crippen LogP contribution in [0, 0.1) is 10.1 Å². The first-order chi connectivity index (χ1) is 7.65. The van der Waals surface area contributed by atoms with Crippen LogP contribution >= 0.6 is 0 Å². The molecule has 1 rings (SSSR count). The third-order valence-corrected chi connectivity index (χ3v) is 2.03. The lowest BCUT2D eigenvalue weighted by molar-refractivity contribution is -0.390. The quantitative estimate of drug-likeness (QED) is 0.455. The van der Waals surface area contributed by atoms with Crippen LogP contribution in [0.5, 0.6) is 5.75 Å². The van der Waals surface area contributed by atoms with Crippen molar-refractivity contribution in [3.63, 3.8) is 0 Å². The van der Waals surface area contributed by atoms with E-state index in [0.717, 1.165) is 19.3 Å². The Morgan fingerprint density at radius 2 is 2.31 bits per heavy atom. The third kappa shape index (κ3) is 3.38. The minimum absolute atomic E-state index is 0.140. The molecule has 0 saturated heterocycles. The molecule has 0 amide bonds. The first kappa shape index (κ1) is 12.2. The molecule has 88 valence electrons. The van der Waals surface area contributed by atoms with Crippen LogP contribution in [-0.4, -0.2) is 16.5 Å². The molecule has 1 heterocycles. The standard InChI is InChI=1S/C10H15N3O3/c1-2-3-4-5-16-9-6-8(11)7-12-10(9)13(14)15/h6-7H,2-5,11H2,1H3. The molecule has 0 aliphatic rings. The molecule has 0 aromatic carbocycles. The van der Waals surface area contributed by atoms with E-state index in [0.29, 0.717) is 12.3 Å². The molecule has 0 aliphatic carbocycles. The largest absolute Gasteiger partial charge is 0.486 e. The number of anilines is 1. The fourth-order valence-corrected chi connectivity index (χ4v) is 1.23. The van der Waals surface area contributed by atoms with Gasteiger partial charge in [0.25, 0.3) is 0 Å². The average Bonchev–Trinajstić information content (AvgIpc) is 2.24. The van der Waals surface area contributed by atoms with Gasteiger partial charge in [-0.15, -0.1) is 0 Å². The molecule has 16 heavy (non-hydrogen) atoms. The van der Waals surface area contributed by atoms with Crippen molar-refractivity contribution in [3.8, 4) is 5.75 Å². The fraction of sp³-hybridized carbons (Fsp3) is 0.500. The van der Waals surface area contributed by atoms with Gasteiger partial charge in [-0.05, 0) is 16.3 Å². The molecule has 0 radical (unpaired) electrons. The van der Waals surface area contributed by atoms with E-state index in [4.69, 9.17) is 10.5 Å².